The molecule has 0 saturated carbocycles. The van der Waals surface area contributed by atoms with Gasteiger partial charge in [-0.3, -0.25) is 4.90 Å². The Bertz CT molecular complexity index is 372. The first kappa shape index (κ1) is 15.4. The van der Waals surface area contributed by atoms with Crippen molar-refractivity contribution >= 4 is 27.3 Å². The zero-order chi connectivity index (χ0) is 13.5. The summed E-state index contributed by atoms with van der Waals surface area (Å²) in [4.78, 5) is 3.82. The molecule has 2 rings (SSSR count). The Morgan fingerprint density at radius 1 is 1.47 bits per heavy atom. The molecule has 5 heteroatoms. The van der Waals surface area contributed by atoms with Gasteiger partial charge in [0, 0.05) is 27.3 Å². The molecule has 2 N–H and O–H groups in total. The molecule has 1 saturated heterocycles. The maximum Gasteiger partial charge on any atom is 0.0586 e. The van der Waals surface area contributed by atoms with Gasteiger partial charge in [-0.2, -0.15) is 0 Å². The maximum absolute atomic E-state index is 9.25. The lowest BCUT2D eigenvalue weighted by atomic mass is 10.2. The molecule has 1 aromatic rings. The Morgan fingerprint density at radius 2 is 2.37 bits per heavy atom. The normalized spacial score (nSPS) is 20.2. The highest BCUT2D eigenvalue weighted by Gasteiger charge is 2.22. The summed E-state index contributed by atoms with van der Waals surface area (Å²) in [6.07, 6.45) is 4.84. The number of halogens is 1. The molecule has 3 nitrogen and oxygen atoms in total. The topological polar surface area (TPSA) is 35.5 Å². The first-order valence-corrected chi connectivity index (χ1v) is 8.75. The van der Waals surface area contributed by atoms with Crippen LogP contribution in [0, 0.1) is 0 Å². The molecule has 0 amide bonds. The number of aliphatic hydroxyl groups excluding tert-OH is 1. The number of nitrogens with one attached hydrogen (secondary N) is 1. The van der Waals surface area contributed by atoms with Crippen LogP contribution in [0.25, 0.3) is 0 Å². The van der Waals surface area contributed by atoms with Crippen molar-refractivity contribution < 1.29 is 5.11 Å². The van der Waals surface area contributed by atoms with Gasteiger partial charge in [-0.1, -0.05) is 0 Å². The van der Waals surface area contributed by atoms with E-state index in [2.05, 4.69) is 37.6 Å². The van der Waals surface area contributed by atoms with E-state index < -0.39 is 0 Å². The molecular formula is C14H23BrN2OS. The summed E-state index contributed by atoms with van der Waals surface area (Å²) >= 11 is 5.26. The molecule has 1 aromatic heterocycles. The van der Waals surface area contributed by atoms with Crippen molar-refractivity contribution in [2.45, 2.75) is 38.3 Å². The van der Waals surface area contributed by atoms with E-state index in [9.17, 15) is 5.11 Å². The monoisotopic (exact) mass is 346 g/mol. The highest BCUT2D eigenvalue weighted by atomic mass is 79.9. The third-order valence-corrected chi connectivity index (χ3v) is 5.38. The second-order valence-corrected chi connectivity index (χ2v) is 7.04. The average molecular weight is 347 g/mol. The van der Waals surface area contributed by atoms with Gasteiger partial charge < -0.3 is 10.4 Å². The van der Waals surface area contributed by atoms with Crippen LogP contribution in [0.4, 0.5) is 0 Å². The van der Waals surface area contributed by atoms with Gasteiger partial charge in [0.05, 0.1) is 6.61 Å². The van der Waals surface area contributed by atoms with Crippen LogP contribution in [-0.2, 0) is 6.54 Å². The van der Waals surface area contributed by atoms with Crippen molar-refractivity contribution in [3.05, 3.63) is 20.8 Å². The summed E-state index contributed by atoms with van der Waals surface area (Å²) in [6.45, 7) is 4.68. The van der Waals surface area contributed by atoms with Gasteiger partial charge in [-0.25, -0.2) is 0 Å². The van der Waals surface area contributed by atoms with E-state index in [1.807, 2.05) is 0 Å². The first-order chi connectivity index (χ1) is 9.29. The number of hydrogen-bond acceptors (Lipinski definition) is 4. The molecule has 2 heterocycles. The summed E-state index contributed by atoms with van der Waals surface area (Å²) < 4.78 is 1.18. The predicted molar refractivity (Wildman–Crippen MR) is 84.6 cm³/mol. The number of likely N-dealkylation sites (tertiary alicyclic amines) is 1. The van der Waals surface area contributed by atoms with E-state index in [1.54, 1.807) is 11.3 Å². The Kier molecular flexibility index (Phi) is 6.81. The molecule has 0 aliphatic carbocycles. The molecule has 1 aliphatic rings. The van der Waals surface area contributed by atoms with Crippen LogP contribution in [0.15, 0.2) is 15.9 Å². The Labute approximate surface area is 128 Å². The molecule has 108 valence electrons. The molecule has 1 atom stereocenters. The fourth-order valence-corrected chi connectivity index (χ4v) is 4.04. The molecule has 0 radical (unpaired) electrons. The maximum atomic E-state index is 9.25. The highest BCUT2D eigenvalue weighted by molar-refractivity contribution is 9.10. The standard InChI is InChI=1S/C14H23BrN2OS/c15-12-8-14(19-11-12)9-16-5-1-2-6-17-7-3-4-13(17)10-18/h8,11,13,16,18H,1-7,9-10H2. The van der Waals surface area contributed by atoms with Crippen molar-refractivity contribution in [1.82, 2.24) is 10.2 Å². The van der Waals surface area contributed by atoms with Crippen molar-refractivity contribution in [3.8, 4) is 0 Å². The smallest absolute Gasteiger partial charge is 0.0586 e. The van der Waals surface area contributed by atoms with Crippen molar-refractivity contribution in [3.63, 3.8) is 0 Å². The van der Waals surface area contributed by atoms with Crippen LogP contribution in [0.1, 0.15) is 30.6 Å². The van der Waals surface area contributed by atoms with Crippen LogP contribution in [0.3, 0.4) is 0 Å². The lowest BCUT2D eigenvalue weighted by molar-refractivity contribution is 0.157. The SMILES string of the molecule is OCC1CCCN1CCCCNCc1cc(Br)cs1. The van der Waals surface area contributed by atoms with E-state index in [0.29, 0.717) is 12.6 Å². The van der Waals surface area contributed by atoms with Gasteiger partial charge in [-0.15, -0.1) is 11.3 Å². The molecule has 1 unspecified atom stereocenters. The lowest BCUT2D eigenvalue weighted by Crippen LogP contribution is -2.33. The van der Waals surface area contributed by atoms with Crippen LogP contribution >= 0.6 is 27.3 Å². The van der Waals surface area contributed by atoms with E-state index in [0.717, 1.165) is 19.6 Å². The van der Waals surface area contributed by atoms with Gasteiger partial charge in [0.1, 0.15) is 0 Å². The fourth-order valence-electron chi connectivity index (χ4n) is 2.62. The number of unbranched alkanes of at least 4 members (excludes halogenated alkanes) is 1. The van der Waals surface area contributed by atoms with Crippen molar-refractivity contribution in [2.24, 2.45) is 0 Å². The van der Waals surface area contributed by atoms with Crippen molar-refractivity contribution in [1.29, 1.82) is 0 Å². The minimum Gasteiger partial charge on any atom is -0.395 e. The van der Waals surface area contributed by atoms with Gasteiger partial charge in [-0.05, 0) is 67.3 Å². The van der Waals surface area contributed by atoms with Crippen LogP contribution in [0.5, 0.6) is 0 Å². The summed E-state index contributed by atoms with van der Waals surface area (Å²) in [5.41, 5.74) is 0. The van der Waals surface area contributed by atoms with Gasteiger partial charge in [0.2, 0.25) is 0 Å². The molecule has 0 aromatic carbocycles. The van der Waals surface area contributed by atoms with E-state index in [1.165, 1.54) is 41.6 Å². The number of nitrogens with zero attached hydrogens (tertiary/aromatic N) is 1. The summed E-state index contributed by atoms with van der Waals surface area (Å²) in [5.74, 6) is 0. The van der Waals surface area contributed by atoms with E-state index >= 15 is 0 Å². The second kappa shape index (κ2) is 8.37. The zero-order valence-corrected chi connectivity index (χ0v) is 13.7. The largest absolute Gasteiger partial charge is 0.395 e. The Balaban J connectivity index is 1.50. The van der Waals surface area contributed by atoms with E-state index in [-0.39, 0.29) is 0 Å². The quantitative estimate of drug-likeness (QED) is 0.710. The second-order valence-electron chi connectivity index (χ2n) is 5.13. The van der Waals surface area contributed by atoms with E-state index in [4.69, 9.17) is 0 Å². The zero-order valence-electron chi connectivity index (χ0n) is 11.3. The summed E-state index contributed by atoms with van der Waals surface area (Å²) in [5, 5.41) is 14.9. The van der Waals surface area contributed by atoms with Crippen LogP contribution < -0.4 is 5.32 Å². The molecule has 0 bridgehead atoms. The predicted octanol–water partition coefficient (Wildman–Crippen LogP) is 2.84. The number of thiophene rings is 1. The Hall–Kier alpha value is 0.0600. The number of hydrogen-bond donors (Lipinski definition) is 2. The molecule has 0 spiro atoms. The minimum atomic E-state index is 0.325. The van der Waals surface area contributed by atoms with Gasteiger partial charge in [0.25, 0.3) is 0 Å². The summed E-state index contributed by atoms with van der Waals surface area (Å²) in [7, 11) is 0. The van der Waals surface area contributed by atoms with Crippen molar-refractivity contribution in [2.75, 3.05) is 26.2 Å². The average Bonchev–Trinajstić information content (AvgIpc) is 3.02. The first-order valence-electron chi connectivity index (χ1n) is 7.08. The summed E-state index contributed by atoms with van der Waals surface area (Å²) in [6, 6.07) is 2.60. The van der Waals surface area contributed by atoms with Crippen LogP contribution in [0.2, 0.25) is 0 Å². The fraction of sp³-hybridized carbons (Fsp3) is 0.714. The Morgan fingerprint density at radius 3 is 3.11 bits per heavy atom. The van der Waals surface area contributed by atoms with Gasteiger partial charge in [0.15, 0.2) is 0 Å². The lowest BCUT2D eigenvalue weighted by Gasteiger charge is -2.22. The molecule has 1 fully saturated rings. The number of rotatable bonds is 8. The highest BCUT2D eigenvalue weighted by Crippen LogP contribution is 2.19. The molecule has 1 aliphatic heterocycles. The number of aliphatic hydroxyl groups is 1. The third-order valence-electron chi connectivity index (χ3n) is 3.68. The minimum absolute atomic E-state index is 0.325. The molecular weight excluding hydrogens is 324 g/mol. The molecule has 19 heavy (non-hydrogen) atoms. The third kappa shape index (κ3) is 5.16. The van der Waals surface area contributed by atoms with Crippen LogP contribution in [-0.4, -0.2) is 42.3 Å². The van der Waals surface area contributed by atoms with Gasteiger partial charge >= 0.3 is 0 Å².